The lowest BCUT2D eigenvalue weighted by Crippen LogP contribution is -2.39. The second-order valence-corrected chi connectivity index (χ2v) is 7.82. The molecule has 0 atom stereocenters. The molecule has 0 bridgehead atoms. The van der Waals surface area contributed by atoms with Crippen LogP contribution in [0.15, 0.2) is 12.4 Å². The van der Waals surface area contributed by atoms with E-state index in [4.69, 9.17) is 16.3 Å². The molecule has 2 fully saturated rings. The number of hydrogen-bond donors (Lipinski definition) is 1. The Morgan fingerprint density at radius 2 is 1.76 bits per heavy atom. The molecule has 0 aromatic carbocycles. The molecule has 0 radical (unpaired) electrons. The molecule has 0 saturated heterocycles. The van der Waals surface area contributed by atoms with Crippen molar-refractivity contribution in [1.82, 2.24) is 15.3 Å². The zero-order valence-corrected chi connectivity index (χ0v) is 15.5. The lowest BCUT2D eigenvalue weighted by Gasteiger charge is -2.29. The first-order valence-electron chi connectivity index (χ1n) is 9.62. The molecule has 1 aromatic rings. The predicted octanol–water partition coefficient (Wildman–Crippen LogP) is 4.30. The molecule has 1 N–H and O–H groups in total. The van der Waals surface area contributed by atoms with Crippen molar-refractivity contribution in [1.29, 1.82) is 0 Å². The molecule has 138 valence electrons. The number of nitrogens with zero attached hydrogens (tertiary/aromatic N) is 2. The van der Waals surface area contributed by atoms with Gasteiger partial charge in [0, 0.05) is 12.5 Å². The third-order valence-electron chi connectivity index (χ3n) is 5.41. The second kappa shape index (κ2) is 9.37. The van der Waals surface area contributed by atoms with E-state index in [-0.39, 0.29) is 18.1 Å². The molecular formula is C19H28ClN3O2. The zero-order chi connectivity index (χ0) is 17.5. The first-order chi connectivity index (χ1) is 12.2. The Morgan fingerprint density at radius 3 is 2.44 bits per heavy atom. The first-order valence-corrected chi connectivity index (χ1v) is 10.0. The lowest BCUT2D eigenvalue weighted by molar-refractivity contribution is -0.122. The molecule has 1 aromatic heterocycles. The molecule has 1 heterocycles. The van der Waals surface area contributed by atoms with Crippen molar-refractivity contribution in [3.63, 3.8) is 0 Å². The maximum atomic E-state index is 12.2. The molecule has 3 rings (SSSR count). The fourth-order valence-electron chi connectivity index (χ4n) is 3.95. The number of aromatic nitrogens is 2. The highest BCUT2D eigenvalue weighted by Crippen LogP contribution is 2.27. The summed E-state index contributed by atoms with van der Waals surface area (Å²) in [5, 5.41) is 3.71. The van der Waals surface area contributed by atoms with E-state index in [1.807, 2.05) is 0 Å². The van der Waals surface area contributed by atoms with Gasteiger partial charge in [-0.25, -0.2) is 9.97 Å². The number of rotatable bonds is 6. The van der Waals surface area contributed by atoms with Crippen LogP contribution >= 0.6 is 11.6 Å². The van der Waals surface area contributed by atoms with E-state index in [2.05, 4.69) is 15.3 Å². The minimum absolute atomic E-state index is 0.122. The summed E-state index contributed by atoms with van der Waals surface area (Å²) < 4.78 is 5.80. The van der Waals surface area contributed by atoms with Gasteiger partial charge in [-0.1, -0.05) is 43.7 Å². The van der Waals surface area contributed by atoms with Gasteiger partial charge in [0.15, 0.2) is 0 Å². The van der Waals surface area contributed by atoms with Crippen LogP contribution < -0.4 is 10.1 Å². The minimum atomic E-state index is 0.122. The van der Waals surface area contributed by atoms with E-state index < -0.39 is 0 Å². The highest BCUT2D eigenvalue weighted by molar-refractivity contribution is 6.30. The highest BCUT2D eigenvalue weighted by atomic mass is 35.5. The summed E-state index contributed by atoms with van der Waals surface area (Å²) in [7, 11) is 0. The van der Waals surface area contributed by atoms with Gasteiger partial charge in [-0.2, -0.15) is 0 Å². The van der Waals surface area contributed by atoms with Crippen LogP contribution in [-0.4, -0.2) is 28.0 Å². The van der Waals surface area contributed by atoms with Gasteiger partial charge in [0.2, 0.25) is 5.91 Å². The molecule has 0 aliphatic heterocycles. The Labute approximate surface area is 154 Å². The van der Waals surface area contributed by atoms with Crippen LogP contribution in [0.2, 0.25) is 5.02 Å². The number of carbonyl (C=O) groups excluding carboxylic acids is 1. The summed E-state index contributed by atoms with van der Waals surface area (Å²) in [5.74, 6) is 0.985. The van der Waals surface area contributed by atoms with Crippen molar-refractivity contribution in [3.05, 3.63) is 17.4 Å². The van der Waals surface area contributed by atoms with Crippen LogP contribution in [-0.2, 0) is 4.79 Å². The summed E-state index contributed by atoms with van der Waals surface area (Å²) in [6.07, 6.45) is 15.3. The summed E-state index contributed by atoms with van der Waals surface area (Å²) in [6.45, 7) is 0. The maximum absolute atomic E-state index is 12.2. The molecule has 5 nitrogen and oxygen atoms in total. The van der Waals surface area contributed by atoms with Gasteiger partial charge in [0.1, 0.15) is 6.10 Å². The topological polar surface area (TPSA) is 64.1 Å². The monoisotopic (exact) mass is 365 g/mol. The molecule has 0 spiro atoms. The van der Waals surface area contributed by atoms with E-state index in [9.17, 15) is 4.79 Å². The minimum Gasteiger partial charge on any atom is -0.460 e. The number of ether oxygens (including phenoxy) is 1. The summed E-state index contributed by atoms with van der Waals surface area (Å²) in [6, 6.07) is 0.661. The molecular weight excluding hydrogens is 338 g/mol. The van der Waals surface area contributed by atoms with Gasteiger partial charge in [-0.3, -0.25) is 4.79 Å². The van der Waals surface area contributed by atoms with Crippen molar-refractivity contribution in [2.45, 2.75) is 82.8 Å². The number of hydrogen-bond acceptors (Lipinski definition) is 4. The molecule has 1 amide bonds. The predicted molar refractivity (Wildman–Crippen MR) is 97.7 cm³/mol. The average Bonchev–Trinajstić information content (AvgIpc) is 2.64. The van der Waals surface area contributed by atoms with Gasteiger partial charge in [0.05, 0.1) is 17.4 Å². The molecule has 6 heteroatoms. The first kappa shape index (κ1) is 18.4. The van der Waals surface area contributed by atoms with E-state index in [0.29, 0.717) is 17.5 Å². The van der Waals surface area contributed by atoms with E-state index >= 15 is 0 Å². The fraction of sp³-hybridized carbons (Fsp3) is 0.737. The Hall–Kier alpha value is -1.36. The standard InChI is InChI=1S/C19H28ClN3O2/c20-15-12-21-19(22-13-15)25-17-9-7-16(8-10-17)23-18(24)11-6-14-4-2-1-3-5-14/h12-14,16-17H,1-11H2,(H,23,24). The number of nitrogens with one attached hydrogen (secondary N) is 1. The number of amides is 1. The van der Waals surface area contributed by atoms with Crippen LogP contribution in [0.4, 0.5) is 0 Å². The van der Waals surface area contributed by atoms with Gasteiger partial charge in [-0.05, 0) is 38.0 Å². The van der Waals surface area contributed by atoms with Crippen LogP contribution in [0.5, 0.6) is 6.01 Å². The smallest absolute Gasteiger partial charge is 0.316 e. The van der Waals surface area contributed by atoms with Gasteiger partial charge in [0.25, 0.3) is 0 Å². The van der Waals surface area contributed by atoms with Gasteiger partial charge >= 0.3 is 6.01 Å². The normalized spacial score (nSPS) is 24.7. The third-order valence-corrected chi connectivity index (χ3v) is 5.61. The second-order valence-electron chi connectivity index (χ2n) is 7.39. The van der Waals surface area contributed by atoms with E-state index in [1.54, 1.807) is 12.4 Å². The molecule has 2 saturated carbocycles. The van der Waals surface area contributed by atoms with Crippen LogP contribution in [0.3, 0.4) is 0 Å². The largest absolute Gasteiger partial charge is 0.460 e. The number of carbonyl (C=O) groups is 1. The fourth-order valence-corrected chi connectivity index (χ4v) is 4.04. The van der Waals surface area contributed by atoms with Crippen molar-refractivity contribution in [2.75, 3.05) is 0 Å². The highest BCUT2D eigenvalue weighted by Gasteiger charge is 2.24. The van der Waals surface area contributed by atoms with E-state index in [0.717, 1.165) is 38.0 Å². The Morgan fingerprint density at radius 1 is 1.08 bits per heavy atom. The average molecular weight is 366 g/mol. The van der Waals surface area contributed by atoms with Gasteiger partial charge in [-0.15, -0.1) is 0 Å². The SMILES string of the molecule is O=C(CCC1CCCCC1)NC1CCC(Oc2ncc(Cl)cn2)CC1. The summed E-state index contributed by atoms with van der Waals surface area (Å²) in [5.41, 5.74) is 0. The van der Waals surface area contributed by atoms with Crippen LogP contribution in [0.25, 0.3) is 0 Å². The third kappa shape index (κ3) is 6.14. The Kier molecular flexibility index (Phi) is 6.91. The molecule has 25 heavy (non-hydrogen) atoms. The zero-order valence-electron chi connectivity index (χ0n) is 14.8. The maximum Gasteiger partial charge on any atom is 0.316 e. The van der Waals surface area contributed by atoms with Crippen LogP contribution in [0.1, 0.15) is 70.6 Å². The lowest BCUT2D eigenvalue weighted by atomic mass is 9.86. The quantitative estimate of drug-likeness (QED) is 0.816. The van der Waals surface area contributed by atoms with Crippen molar-refractivity contribution >= 4 is 17.5 Å². The number of halogens is 1. The van der Waals surface area contributed by atoms with Crippen molar-refractivity contribution in [3.8, 4) is 6.01 Å². The molecule has 2 aliphatic rings. The molecule has 2 aliphatic carbocycles. The Balaban J connectivity index is 1.33. The van der Waals surface area contributed by atoms with Gasteiger partial charge < -0.3 is 10.1 Å². The summed E-state index contributed by atoms with van der Waals surface area (Å²) >= 11 is 5.78. The summed E-state index contributed by atoms with van der Waals surface area (Å²) in [4.78, 5) is 20.3. The molecule has 0 unspecified atom stereocenters. The van der Waals surface area contributed by atoms with Crippen LogP contribution in [0, 0.1) is 5.92 Å². The van der Waals surface area contributed by atoms with E-state index in [1.165, 1.54) is 32.1 Å². The Bertz CT molecular complexity index is 538. The van der Waals surface area contributed by atoms with Crippen molar-refractivity contribution in [2.24, 2.45) is 5.92 Å². The van der Waals surface area contributed by atoms with Crippen molar-refractivity contribution < 1.29 is 9.53 Å².